The standard InChI is InChI=1S/C20H14FN3O/c21-14-8-6-13(7-9-14)17-12-23-19(24-15-4-2-1-3-5-15)18-16(17)10-11-22-20(18)25/h1-12H,(H,22,25)(H,23,24). The van der Waals surface area contributed by atoms with Gasteiger partial charge in [-0.2, -0.15) is 0 Å². The number of nitrogens with one attached hydrogen (secondary N) is 2. The van der Waals surface area contributed by atoms with Crippen molar-refractivity contribution in [1.29, 1.82) is 0 Å². The van der Waals surface area contributed by atoms with Gasteiger partial charge in [-0.05, 0) is 35.9 Å². The molecule has 2 aromatic heterocycles. The zero-order valence-corrected chi connectivity index (χ0v) is 13.2. The van der Waals surface area contributed by atoms with Crippen molar-refractivity contribution in [3.05, 3.63) is 89.2 Å². The Labute approximate surface area is 143 Å². The third-order valence-electron chi connectivity index (χ3n) is 4.00. The monoisotopic (exact) mass is 331 g/mol. The number of nitrogens with zero attached hydrogens (tertiary/aromatic N) is 1. The number of anilines is 2. The van der Waals surface area contributed by atoms with Crippen molar-refractivity contribution in [2.24, 2.45) is 0 Å². The van der Waals surface area contributed by atoms with Gasteiger partial charge in [-0.3, -0.25) is 4.79 Å². The molecule has 2 aromatic carbocycles. The fourth-order valence-corrected chi connectivity index (χ4v) is 2.81. The number of para-hydroxylation sites is 1. The van der Waals surface area contributed by atoms with Crippen LogP contribution in [0.4, 0.5) is 15.9 Å². The van der Waals surface area contributed by atoms with Crippen molar-refractivity contribution in [3.8, 4) is 11.1 Å². The molecule has 0 saturated carbocycles. The predicted molar refractivity (Wildman–Crippen MR) is 97.5 cm³/mol. The number of benzene rings is 2. The summed E-state index contributed by atoms with van der Waals surface area (Å²) >= 11 is 0. The maximum Gasteiger partial charge on any atom is 0.259 e. The fraction of sp³-hybridized carbons (Fsp3) is 0. The van der Waals surface area contributed by atoms with Crippen LogP contribution < -0.4 is 10.9 Å². The summed E-state index contributed by atoms with van der Waals surface area (Å²) in [6.07, 6.45) is 3.30. The second-order valence-electron chi connectivity index (χ2n) is 5.61. The summed E-state index contributed by atoms with van der Waals surface area (Å²) in [6, 6.07) is 17.5. The summed E-state index contributed by atoms with van der Waals surface area (Å²) < 4.78 is 13.2. The van der Waals surface area contributed by atoms with E-state index in [9.17, 15) is 9.18 Å². The van der Waals surface area contributed by atoms with Crippen LogP contribution in [0.2, 0.25) is 0 Å². The number of hydrogen-bond acceptors (Lipinski definition) is 3. The fourth-order valence-electron chi connectivity index (χ4n) is 2.81. The van der Waals surface area contributed by atoms with Crippen LogP contribution >= 0.6 is 0 Å². The van der Waals surface area contributed by atoms with Crippen LogP contribution in [-0.4, -0.2) is 9.97 Å². The Kier molecular flexibility index (Phi) is 3.74. The number of rotatable bonds is 3. The first kappa shape index (κ1) is 15.1. The first-order chi connectivity index (χ1) is 12.2. The molecule has 0 aliphatic rings. The quantitative estimate of drug-likeness (QED) is 0.582. The predicted octanol–water partition coefficient (Wildman–Crippen LogP) is 4.47. The molecule has 0 aliphatic heterocycles. The zero-order chi connectivity index (χ0) is 17.2. The highest BCUT2D eigenvalue weighted by Gasteiger charge is 2.12. The van der Waals surface area contributed by atoms with Gasteiger partial charge in [0, 0.05) is 29.0 Å². The van der Waals surface area contributed by atoms with E-state index in [2.05, 4.69) is 15.3 Å². The molecular weight excluding hydrogens is 317 g/mol. The van der Waals surface area contributed by atoms with Gasteiger partial charge >= 0.3 is 0 Å². The second kappa shape index (κ2) is 6.20. The SMILES string of the molecule is O=c1[nH]ccc2c(-c3ccc(F)cc3)cnc(Nc3ccccc3)c12. The average Bonchev–Trinajstić information content (AvgIpc) is 2.64. The molecule has 0 spiro atoms. The Morgan fingerprint density at radius 1 is 0.960 bits per heavy atom. The molecule has 5 heteroatoms. The normalized spacial score (nSPS) is 10.8. The molecule has 0 saturated heterocycles. The van der Waals surface area contributed by atoms with Gasteiger partial charge in [0.25, 0.3) is 5.56 Å². The van der Waals surface area contributed by atoms with Crippen LogP contribution in [0, 0.1) is 5.82 Å². The summed E-state index contributed by atoms with van der Waals surface area (Å²) in [5.41, 5.74) is 2.19. The molecule has 122 valence electrons. The lowest BCUT2D eigenvalue weighted by Gasteiger charge is -2.11. The Balaban J connectivity index is 1.91. The summed E-state index contributed by atoms with van der Waals surface area (Å²) in [7, 11) is 0. The number of aromatic amines is 1. The minimum absolute atomic E-state index is 0.229. The van der Waals surface area contributed by atoms with E-state index in [4.69, 9.17) is 0 Å². The number of hydrogen-bond donors (Lipinski definition) is 2. The minimum atomic E-state index is -0.304. The van der Waals surface area contributed by atoms with E-state index >= 15 is 0 Å². The average molecular weight is 331 g/mol. The first-order valence-electron chi connectivity index (χ1n) is 7.81. The summed E-state index contributed by atoms with van der Waals surface area (Å²) in [4.78, 5) is 19.6. The van der Waals surface area contributed by atoms with Crippen LogP contribution in [-0.2, 0) is 0 Å². The molecule has 0 unspecified atom stereocenters. The van der Waals surface area contributed by atoms with Crippen LogP contribution in [0.25, 0.3) is 21.9 Å². The lowest BCUT2D eigenvalue weighted by Crippen LogP contribution is -2.09. The Morgan fingerprint density at radius 3 is 2.48 bits per heavy atom. The molecule has 25 heavy (non-hydrogen) atoms. The lowest BCUT2D eigenvalue weighted by molar-refractivity contribution is 0.628. The Morgan fingerprint density at radius 2 is 1.72 bits per heavy atom. The van der Waals surface area contributed by atoms with E-state index < -0.39 is 0 Å². The van der Waals surface area contributed by atoms with Gasteiger partial charge in [0.05, 0.1) is 5.39 Å². The molecule has 2 heterocycles. The summed E-state index contributed by atoms with van der Waals surface area (Å²) in [5, 5.41) is 4.40. The highest BCUT2D eigenvalue weighted by atomic mass is 19.1. The van der Waals surface area contributed by atoms with Gasteiger partial charge in [-0.1, -0.05) is 30.3 Å². The van der Waals surface area contributed by atoms with Crippen molar-refractivity contribution in [2.45, 2.75) is 0 Å². The molecule has 4 nitrogen and oxygen atoms in total. The van der Waals surface area contributed by atoms with Crippen molar-refractivity contribution in [1.82, 2.24) is 9.97 Å². The van der Waals surface area contributed by atoms with Crippen LogP contribution in [0.5, 0.6) is 0 Å². The third-order valence-corrected chi connectivity index (χ3v) is 4.00. The minimum Gasteiger partial charge on any atom is -0.340 e. The lowest BCUT2D eigenvalue weighted by atomic mass is 10.0. The van der Waals surface area contributed by atoms with Gasteiger partial charge < -0.3 is 10.3 Å². The highest BCUT2D eigenvalue weighted by Crippen LogP contribution is 2.30. The Hall–Kier alpha value is -3.47. The van der Waals surface area contributed by atoms with Gasteiger partial charge in [-0.25, -0.2) is 9.37 Å². The first-order valence-corrected chi connectivity index (χ1v) is 7.81. The number of halogens is 1. The molecule has 2 N–H and O–H groups in total. The smallest absolute Gasteiger partial charge is 0.259 e. The van der Waals surface area contributed by atoms with E-state index in [0.717, 1.165) is 22.2 Å². The topological polar surface area (TPSA) is 57.8 Å². The molecule has 0 aliphatic carbocycles. The van der Waals surface area contributed by atoms with Gasteiger partial charge in [0.15, 0.2) is 0 Å². The maximum absolute atomic E-state index is 13.2. The van der Waals surface area contributed by atoms with Crippen molar-refractivity contribution in [2.75, 3.05) is 5.32 Å². The molecule has 0 radical (unpaired) electrons. The van der Waals surface area contributed by atoms with Crippen LogP contribution in [0.15, 0.2) is 77.9 Å². The molecule has 0 fully saturated rings. The van der Waals surface area contributed by atoms with E-state index in [0.29, 0.717) is 11.2 Å². The largest absolute Gasteiger partial charge is 0.340 e. The highest BCUT2D eigenvalue weighted by molar-refractivity contribution is 6.01. The number of pyridine rings is 2. The number of fused-ring (bicyclic) bond motifs is 1. The number of H-pyrrole nitrogens is 1. The maximum atomic E-state index is 13.2. The van der Waals surface area contributed by atoms with E-state index in [1.54, 1.807) is 24.5 Å². The van der Waals surface area contributed by atoms with Gasteiger partial charge in [0.1, 0.15) is 11.6 Å². The molecule has 0 atom stereocenters. The second-order valence-corrected chi connectivity index (χ2v) is 5.61. The van der Waals surface area contributed by atoms with Crippen molar-refractivity contribution < 1.29 is 4.39 Å². The van der Waals surface area contributed by atoms with Gasteiger partial charge in [-0.15, -0.1) is 0 Å². The Bertz CT molecular complexity index is 1090. The van der Waals surface area contributed by atoms with E-state index in [1.807, 2.05) is 36.4 Å². The van der Waals surface area contributed by atoms with E-state index in [-0.39, 0.29) is 11.4 Å². The van der Waals surface area contributed by atoms with Crippen molar-refractivity contribution in [3.63, 3.8) is 0 Å². The summed E-state index contributed by atoms with van der Waals surface area (Å²) in [5.74, 6) is 0.176. The molecule has 4 rings (SSSR count). The van der Waals surface area contributed by atoms with E-state index in [1.165, 1.54) is 12.1 Å². The molecular formula is C20H14FN3O. The van der Waals surface area contributed by atoms with Gasteiger partial charge in [0.2, 0.25) is 0 Å². The van der Waals surface area contributed by atoms with Crippen LogP contribution in [0.3, 0.4) is 0 Å². The number of aromatic nitrogens is 2. The summed E-state index contributed by atoms with van der Waals surface area (Å²) in [6.45, 7) is 0. The van der Waals surface area contributed by atoms with Crippen molar-refractivity contribution >= 4 is 22.3 Å². The third kappa shape index (κ3) is 2.87. The molecule has 0 amide bonds. The zero-order valence-electron chi connectivity index (χ0n) is 13.2. The van der Waals surface area contributed by atoms with Crippen LogP contribution in [0.1, 0.15) is 0 Å². The molecule has 0 bridgehead atoms. The molecule has 4 aromatic rings.